The van der Waals surface area contributed by atoms with E-state index >= 15 is 0 Å². The van der Waals surface area contributed by atoms with Gasteiger partial charge in [0.25, 0.3) is 0 Å². The first-order valence-electron chi connectivity index (χ1n) is 6.74. The smallest absolute Gasteiger partial charge is 0.332 e. The highest BCUT2D eigenvalue weighted by Crippen LogP contribution is 2.29. The number of halogens is 3. The van der Waals surface area contributed by atoms with Crippen LogP contribution in [0.15, 0.2) is 0 Å². The molecule has 1 atom stereocenters. The molecule has 21 heavy (non-hydrogen) atoms. The molecular weight excluding hydrogens is 287 g/mol. The van der Waals surface area contributed by atoms with Crippen LogP contribution in [0, 0.1) is 0 Å². The lowest BCUT2D eigenvalue weighted by atomic mass is 9.95. The summed E-state index contributed by atoms with van der Waals surface area (Å²) in [5, 5.41) is 6.72. The molecule has 0 spiro atoms. The molecule has 0 radical (unpaired) electrons. The number of fused-ring (bicyclic) bond motifs is 1. The molecule has 6 nitrogen and oxygen atoms in total. The zero-order valence-corrected chi connectivity index (χ0v) is 11.9. The molecule has 0 aliphatic carbocycles. The molecule has 118 valence electrons. The monoisotopic (exact) mass is 305 g/mol. The Kier molecular flexibility index (Phi) is 3.96. The lowest BCUT2D eigenvalue weighted by molar-refractivity contribution is -0.148. The molecule has 1 amide bonds. The fraction of sp³-hybridized carbons (Fsp3) is 0.750. The van der Waals surface area contributed by atoms with Gasteiger partial charge in [0, 0.05) is 13.1 Å². The van der Waals surface area contributed by atoms with Crippen LogP contribution in [-0.4, -0.2) is 37.7 Å². The molecule has 0 saturated heterocycles. The largest absolute Gasteiger partial charge is 0.451 e. The van der Waals surface area contributed by atoms with Gasteiger partial charge in [0.15, 0.2) is 5.82 Å². The van der Waals surface area contributed by atoms with Crippen molar-refractivity contribution in [2.24, 2.45) is 5.73 Å². The van der Waals surface area contributed by atoms with Crippen LogP contribution in [0.2, 0.25) is 0 Å². The van der Waals surface area contributed by atoms with E-state index in [-0.39, 0.29) is 31.4 Å². The van der Waals surface area contributed by atoms with E-state index in [1.807, 2.05) is 6.92 Å². The third kappa shape index (κ3) is 3.02. The Bertz CT molecular complexity index is 537. The van der Waals surface area contributed by atoms with Crippen molar-refractivity contribution in [2.75, 3.05) is 6.54 Å². The molecule has 0 aromatic carbocycles. The third-order valence-corrected chi connectivity index (χ3v) is 3.55. The first-order valence-corrected chi connectivity index (χ1v) is 6.74. The molecule has 1 aromatic rings. The van der Waals surface area contributed by atoms with Crippen LogP contribution >= 0.6 is 0 Å². The fourth-order valence-corrected chi connectivity index (χ4v) is 2.53. The van der Waals surface area contributed by atoms with Gasteiger partial charge in [0.05, 0.1) is 12.1 Å². The number of hydrogen-bond donors (Lipinski definition) is 1. The van der Waals surface area contributed by atoms with Crippen molar-refractivity contribution in [3.05, 3.63) is 11.6 Å². The maximum absolute atomic E-state index is 12.7. The minimum Gasteiger partial charge on any atom is -0.332 e. The summed E-state index contributed by atoms with van der Waals surface area (Å²) in [7, 11) is 0. The van der Waals surface area contributed by atoms with E-state index in [9.17, 15) is 18.0 Å². The SMILES string of the molecule is CCCC(C)(N)C(=O)N1CCn2c(nnc2C(F)(F)F)C1. The summed E-state index contributed by atoms with van der Waals surface area (Å²) in [6.07, 6.45) is -3.27. The van der Waals surface area contributed by atoms with Gasteiger partial charge in [0.2, 0.25) is 11.7 Å². The molecular formula is C12H18F3N5O. The number of carbonyl (C=O) groups excluding carboxylic acids is 1. The van der Waals surface area contributed by atoms with Crippen LogP contribution in [0.25, 0.3) is 0 Å². The molecule has 0 fully saturated rings. The molecule has 1 unspecified atom stereocenters. The van der Waals surface area contributed by atoms with Crippen LogP contribution < -0.4 is 5.73 Å². The van der Waals surface area contributed by atoms with Gasteiger partial charge in [-0.1, -0.05) is 13.3 Å². The van der Waals surface area contributed by atoms with Gasteiger partial charge in [0.1, 0.15) is 0 Å². The highest BCUT2D eigenvalue weighted by molar-refractivity contribution is 5.85. The van der Waals surface area contributed by atoms with E-state index in [1.165, 1.54) is 4.90 Å². The average molecular weight is 305 g/mol. The number of aromatic nitrogens is 3. The van der Waals surface area contributed by atoms with Gasteiger partial charge in [-0.15, -0.1) is 10.2 Å². The molecule has 2 heterocycles. The van der Waals surface area contributed by atoms with Crippen molar-refractivity contribution in [2.45, 2.75) is 51.5 Å². The first kappa shape index (κ1) is 15.7. The Hall–Kier alpha value is -1.64. The fourth-order valence-electron chi connectivity index (χ4n) is 2.53. The van der Waals surface area contributed by atoms with E-state index in [4.69, 9.17) is 5.73 Å². The van der Waals surface area contributed by atoms with Gasteiger partial charge in [-0.25, -0.2) is 0 Å². The van der Waals surface area contributed by atoms with Crippen LogP contribution in [0.3, 0.4) is 0 Å². The predicted molar refractivity (Wildman–Crippen MR) is 67.9 cm³/mol. The number of rotatable bonds is 3. The number of nitrogens with zero attached hydrogens (tertiary/aromatic N) is 4. The number of carbonyl (C=O) groups is 1. The maximum atomic E-state index is 12.7. The summed E-state index contributed by atoms with van der Waals surface area (Å²) in [5.74, 6) is -1.16. The molecule has 1 aliphatic rings. The quantitative estimate of drug-likeness (QED) is 0.909. The van der Waals surface area contributed by atoms with Crippen LogP contribution in [-0.2, 0) is 24.1 Å². The highest BCUT2D eigenvalue weighted by Gasteiger charge is 2.41. The Labute approximate surface area is 120 Å². The Morgan fingerprint density at radius 2 is 2.00 bits per heavy atom. The van der Waals surface area contributed by atoms with Gasteiger partial charge < -0.3 is 15.2 Å². The zero-order chi connectivity index (χ0) is 15.8. The summed E-state index contributed by atoms with van der Waals surface area (Å²) < 4.78 is 39.2. The lowest BCUT2D eigenvalue weighted by Crippen LogP contribution is -2.54. The van der Waals surface area contributed by atoms with Crippen molar-refractivity contribution in [1.29, 1.82) is 0 Å². The summed E-state index contributed by atoms with van der Waals surface area (Å²) in [6.45, 7) is 3.74. The number of amides is 1. The summed E-state index contributed by atoms with van der Waals surface area (Å²) in [4.78, 5) is 13.8. The summed E-state index contributed by atoms with van der Waals surface area (Å²) in [5.41, 5.74) is 4.97. The van der Waals surface area contributed by atoms with Crippen molar-refractivity contribution in [3.63, 3.8) is 0 Å². The van der Waals surface area contributed by atoms with Crippen molar-refractivity contribution in [3.8, 4) is 0 Å². The van der Waals surface area contributed by atoms with Crippen molar-refractivity contribution >= 4 is 5.91 Å². The molecule has 1 aliphatic heterocycles. The molecule has 2 rings (SSSR count). The second kappa shape index (κ2) is 5.28. The Balaban J connectivity index is 2.18. The van der Waals surface area contributed by atoms with Crippen molar-refractivity contribution < 1.29 is 18.0 Å². The van der Waals surface area contributed by atoms with Crippen LogP contribution in [0.1, 0.15) is 38.3 Å². The van der Waals surface area contributed by atoms with Gasteiger partial charge in [-0.3, -0.25) is 4.79 Å². The minimum absolute atomic E-state index is 0.00157. The molecule has 0 saturated carbocycles. The van der Waals surface area contributed by atoms with Gasteiger partial charge in [-0.05, 0) is 13.3 Å². The summed E-state index contributed by atoms with van der Waals surface area (Å²) >= 11 is 0. The van der Waals surface area contributed by atoms with E-state index in [2.05, 4.69) is 10.2 Å². The molecule has 2 N–H and O–H groups in total. The molecule has 1 aromatic heterocycles. The van der Waals surface area contributed by atoms with E-state index in [0.29, 0.717) is 6.42 Å². The predicted octanol–water partition coefficient (Wildman–Crippen LogP) is 1.16. The maximum Gasteiger partial charge on any atom is 0.451 e. The summed E-state index contributed by atoms with van der Waals surface area (Å²) in [6, 6.07) is 0. The van der Waals surface area contributed by atoms with E-state index in [0.717, 1.165) is 11.0 Å². The first-order chi connectivity index (χ1) is 9.66. The van der Waals surface area contributed by atoms with Gasteiger partial charge >= 0.3 is 6.18 Å². The molecule has 0 bridgehead atoms. The highest BCUT2D eigenvalue weighted by atomic mass is 19.4. The third-order valence-electron chi connectivity index (χ3n) is 3.55. The van der Waals surface area contributed by atoms with Crippen LogP contribution in [0.5, 0.6) is 0 Å². The normalized spacial score (nSPS) is 18.3. The standard InChI is InChI=1S/C12H18F3N5O/c1-3-4-11(2,16)10(21)19-5-6-20-8(7-19)17-18-9(20)12(13,14)15/h3-7,16H2,1-2H3. The Morgan fingerprint density at radius 3 is 2.57 bits per heavy atom. The van der Waals surface area contributed by atoms with E-state index in [1.54, 1.807) is 6.92 Å². The number of nitrogens with two attached hydrogens (primary N) is 1. The van der Waals surface area contributed by atoms with Gasteiger partial charge in [-0.2, -0.15) is 13.2 Å². The topological polar surface area (TPSA) is 77.0 Å². The molecule has 9 heteroatoms. The average Bonchev–Trinajstić information content (AvgIpc) is 2.80. The number of hydrogen-bond acceptors (Lipinski definition) is 4. The second-order valence-electron chi connectivity index (χ2n) is 5.48. The number of alkyl halides is 3. The lowest BCUT2D eigenvalue weighted by Gasteiger charge is -2.34. The van der Waals surface area contributed by atoms with E-state index < -0.39 is 17.5 Å². The minimum atomic E-state index is -4.54. The second-order valence-corrected chi connectivity index (χ2v) is 5.48. The zero-order valence-electron chi connectivity index (χ0n) is 11.9. The van der Waals surface area contributed by atoms with Crippen molar-refractivity contribution in [1.82, 2.24) is 19.7 Å². The Morgan fingerprint density at radius 1 is 1.33 bits per heavy atom. The van der Waals surface area contributed by atoms with Crippen LogP contribution in [0.4, 0.5) is 13.2 Å².